The quantitative estimate of drug-likeness (QED) is 0.418. The largest absolute Gasteiger partial charge is 0.476 e. The van der Waals surface area contributed by atoms with Crippen LogP contribution >= 0.6 is 11.6 Å². The van der Waals surface area contributed by atoms with Crippen LogP contribution in [0.2, 0.25) is 5.02 Å². The van der Waals surface area contributed by atoms with Crippen LogP contribution in [0.3, 0.4) is 0 Å². The fraction of sp³-hybridized carbons (Fsp3) is 0.120. The molecule has 2 atom stereocenters. The number of benzene rings is 3. The van der Waals surface area contributed by atoms with Gasteiger partial charge < -0.3 is 19.9 Å². The van der Waals surface area contributed by atoms with E-state index in [0.717, 1.165) is 0 Å². The van der Waals surface area contributed by atoms with Crippen molar-refractivity contribution in [3.63, 3.8) is 0 Å². The third kappa shape index (κ3) is 4.47. The first-order valence-electron chi connectivity index (χ1n) is 9.98. The van der Waals surface area contributed by atoms with Crippen molar-refractivity contribution in [3.8, 4) is 23.3 Å². The summed E-state index contributed by atoms with van der Waals surface area (Å²) in [6.45, 7) is 1.46. The fourth-order valence-electron chi connectivity index (χ4n) is 3.51. The van der Waals surface area contributed by atoms with Crippen LogP contribution in [0.4, 0.5) is 4.39 Å². The monoisotopic (exact) mass is 464 g/mol. The summed E-state index contributed by atoms with van der Waals surface area (Å²) in [6, 6.07) is 19.7. The zero-order chi connectivity index (χ0) is 23.5. The second kappa shape index (κ2) is 9.23. The van der Waals surface area contributed by atoms with E-state index in [9.17, 15) is 14.4 Å². The van der Waals surface area contributed by atoms with Crippen LogP contribution in [0.1, 0.15) is 24.0 Å². The maximum atomic E-state index is 13.8. The minimum Gasteiger partial charge on any atom is -0.476 e. The van der Waals surface area contributed by atoms with Crippen LogP contribution < -0.4 is 19.9 Å². The lowest BCUT2D eigenvalue weighted by atomic mass is 9.83. The number of carbonyl (C=O) groups is 1. The molecule has 0 spiro atoms. The standard InChI is InChI=1S/C25H18ClFN2O4/c1-14(31-21-9-5-4-8-20(21)27)25(30)32-15-10-11-17-22(12-15)33-24(29)18(13-28)23(17)16-6-2-3-7-19(16)26/h2-12,14,23H,29H2,1H3. The number of nitriles is 1. The minimum absolute atomic E-state index is 0.0553. The van der Waals surface area contributed by atoms with E-state index in [1.54, 1.807) is 30.3 Å². The molecule has 0 aromatic heterocycles. The molecule has 4 rings (SSSR count). The highest BCUT2D eigenvalue weighted by Gasteiger charge is 2.32. The molecule has 1 aliphatic rings. The number of allylic oxidation sites excluding steroid dienone is 1. The lowest BCUT2D eigenvalue weighted by Crippen LogP contribution is -2.29. The van der Waals surface area contributed by atoms with Gasteiger partial charge in [0, 0.05) is 16.7 Å². The zero-order valence-corrected chi connectivity index (χ0v) is 18.2. The van der Waals surface area contributed by atoms with Crippen LogP contribution in [-0.4, -0.2) is 12.1 Å². The van der Waals surface area contributed by atoms with E-state index in [0.29, 0.717) is 21.9 Å². The number of esters is 1. The highest BCUT2D eigenvalue weighted by molar-refractivity contribution is 6.31. The summed E-state index contributed by atoms with van der Waals surface area (Å²) < 4.78 is 30.2. The fourth-order valence-corrected chi connectivity index (χ4v) is 3.75. The Morgan fingerprint density at radius 3 is 2.61 bits per heavy atom. The average molecular weight is 465 g/mol. The van der Waals surface area contributed by atoms with Gasteiger partial charge in [0.2, 0.25) is 5.88 Å². The predicted octanol–water partition coefficient (Wildman–Crippen LogP) is 5.07. The van der Waals surface area contributed by atoms with Gasteiger partial charge in [-0.3, -0.25) is 0 Å². The maximum absolute atomic E-state index is 13.8. The van der Waals surface area contributed by atoms with Gasteiger partial charge in [0.1, 0.15) is 23.1 Å². The van der Waals surface area contributed by atoms with E-state index in [1.807, 2.05) is 12.1 Å². The molecule has 1 heterocycles. The number of ether oxygens (including phenoxy) is 3. The van der Waals surface area contributed by atoms with Gasteiger partial charge in [-0.05, 0) is 36.8 Å². The third-order valence-corrected chi connectivity index (χ3v) is 5.44. The number of para-hydroxylation sites is 1. The maximum Gasteiger partial charge on any atom is 0.352 e. The van der Waals surface area contributed by atoms with Crippen molar-refractivity contribution >= 4 is 17.6 Å². The smallest absolute Gasteiger partial charge is 0.352 e. The molecular weight excluding hydrogens is 447 g/mol. The molecule has 0 saturated heterocycles. The topological polar surface area (TPSA) is 94.6 Å². The number of nitrogens with zero attached hydrogens (tertiary/aromatic N) is 1. The van der Waals surface area contributed by atoms with E-state index in [-0.39, 0.29) is 23.0 Å². The molecule has 0 radical (unpaired) electrons. The van der Waals surface area contributed by atoms with Gasteiger partial charge in [-0.25, -0.2) is 9.18 Å². The number of carbonyl (C=O) groups excluding carboxylic acids is 1. The summed E-state index contributed by atoms with van der Waals surface area (Å²) in [4.78, 5) is 12.5. The zero-order valence-electron chi connectivity index (χ0n) is 17.4. The molecule has 0 fully saturated rings. The Morgan fingerprint density at radius 1 is 1.15 bits per heavy atom. The molecule has 6 nitrogen and oxygen atoms in total. The van der Waals surface area contributed by atoms with Gasteiger partial charge in [0.05, 0.1) is 5.92 Å². The molecule has 33 heavy (non-hydrogen) atoms. The van der Waals surface area contributed by atoms with E-state index in [2.05, 4.69) is 6.07 Å². The summed E-state index contributed by atoms with van der Waals surface area (Å²) in [7, 11) is 0. The van der Waals surface area contributed by atoms with Gasteiger partial charge in [0.25, 0.3) is 0 Å². The second-order valence-corrected chi connectivity index (χ2v) is 7.66. The third-order valence-electron chi connectivity index (χ3n) is 5.10. The molecule has 0 aliphatic carbocycles. The van der Waals surface area contributed by atoms with Crippen LogP contribution in [-0.2, 0) is 4.79 Å². The van der Waals surface area contributed by atoms with Crippen molar-refractivity contribution in [2.45, 2.75) is 18.9 Å². The van der Waals surface area contributed by atoms with E-state index < -0.39 is 23.8 Å². The molecule has 166 valence electrons. The van der Waals surface area contributed by atoms with E-state index >= 15 is 0 Å². The van der Waals surface area contributed by atoms with Gasteiger partial charge in [0.15, 0.2) is 17.7 Å². The molecule has 3 aromatic carbocycles. The molecule has 3 aromatic rings. The van der Waals surface area contributed by atoms with Gasteiger partial charge >= 0.3 is 5.97 Å². The van der Waals surface area contributed by atoms with Crippen molar-refractivity contribution in [1.29, 1.82) is 5.26 Å². The van der Waals surface area contributed by atoms with Crippen molar-refractivity contribution < 1.29 is 23.4 Å². The van der Waals surface area contributed by atoms with Crippen LogP contribution in [0.15, 0.2) is 78.2 Å². The number of nitrogens with two attached hydrogens (primary N) is 1. The Hall–Kier alpha value is -4.02. The summed E-state index contributed by atoms with van der Waals surface area (Å²) in [5, 5.41) is 10.1. The lowest BCUT2D eigenvalue weighted by molar-refractivity contribution is -0.141. The van der Waals surface area contributed by atoms with Crippen LogP contribution in [0.5, 0.6) is 17.2 Å². The number of rotatable bonds is 5. The van der Waals surface area contributed by atoms with Crippen molar-refractivity contribution in [2.24, 2.45) is 5.73 Å². The molecule has 1 aliphatic heterocycles. The SMILES string of the molecule is CC(Oc1ccccc1F)C(=O)Oc1ccc2c(c1)OC(N)=C(C#N)C2c1ccccc1Cl. The molecule has 0 amide bonds. The van der Waals surface area contributed by atoms with Crippen LogP contribution in [0.25, 0.3) is 0 Å². The Bertz CT molecular complexity index is 1300. The Labute approximate surface area is 194 Å². The number of fused-ring (bicyclic) bond motifs is 1. The molecule has 8 heteroatoms. The molecule has 0 bridgehead atoms. The normalized spacial score (nSPS) is 15.6. The molecular formula is C25H18ClFN2O4. The van der Waals surface area contributed by atoms with E-state index in [4.69, 9.17) is 31.5 Å². The summed E-state index contributed by atoms with van der Waals surface area (Å²) in [5.74, 6) is -1.47. The molecule has 0 saturated carbocycles. The molecule has 2 N–H and O–H groups in total. The van der Waals surface area contributed by atoms with Gasteiger partial charge in [-0.2, -0.15) is 5.26 Å². The summed E-state index contributed by atoms with van der Waals surface area (Å²) in [6.07, 6.45) is -1.06. The number of hydrogen-bond donors (Lipinski definition) is 1. The minimum atomic E-state index is -1.06. The first-order valence-corrected chi connectivity index (χ1v) is 10.4. The summed E-state index contributed by atoms with van der Waals surface area (Å²) >= 11 is 6.38. The predicted molar refractivity (Wildman–Crippen MR) is 119 cm³/mol. The Morgan fingerprint density at radius 2 is 1.88 bits per heavy atom. The average Bonchev–Trinajstić information content (AvgIpc) is 2.80. The Balaban J connectivity index is 1.60. The van der Waals surface area contributed by atoms with Gasteiger partial charge in [-0.1, -0.05) is 48.0 Å². The van der Waals surface area contributed by atoms with Gasteiger partial charge in [-0.15, -0.1) is 0 Å². The van der Waals surface area contributed by atoms with Crippen molar-refractivity contribution in [2.75, 3.05) is 0 Å². The highest BCUT2D eigenvalue weighted by Crippen LogP contribution is 2.45. The first-order chi connectivity index (χ1) is 15.9. The number of hydrogen-bond acceptors (Lipinski definition) is 6. The summed E-state index contributed by atoms with van der Waals surface area (Å²) in [5.41, 5.74) is 7.58. The second-order valence-electron chi connectivity index (χ2n) is 7.26. The van der Waals surface area contributed by atoms with Crippen molar-refractivity contribution in [1.82, 2.24) is 0 Å². The Kier molecular flexibility index (Phi) is 6.20. The highest BCUT2D eigenvalue weighted by atomic mass is 35.5. The number of halogens is 2. The first kappa shape index (κ1) is 22.2. The van der Waals surface area contributed by atoms with Crippen LogP contribution in [0, 0.1) is 17.1 Å². The lowest BCUT2D eigenvalue weighted by Gasteiger charge is -2.27. The molecule has 2 unspecified atom stereocenters. The van der Waals surface area contributed by atoms with Crippen molar-refractivity contribution in [3.05, 3.63) is 100 Å². The van der Waals surface area contributed by atoms with E-state index in [1.165, 1.54) is 31.2 Å².